The molecule has 2 aromatic heterocycles. The average molecular weight is 713 g/mol. The van der Waals surface area contributed by atoms with Gasteiger partial charge in [-0.3, -0.25) is 4.79 Å². The van der Waals surface area contributed by atoms with E-state index < -0.39 is 28.7 Å². The number of benzene rings is 1. The number of nitrogens with zero attached hydrogens (tertiary/aromatic N) is 2. The summed E-state index contributed by atoms with van der Waals surface area (Å²) in [6, 6.07) is 9.10. The lowest BCUT2D eigenvalue weighted by Crippen LogP contribution is -2.68. The van der Waals surface area contributed by atoms with E-state index in [4.69, 9.17) is 19.6 Å². The number of fused-ring (bicyclic) bond motifs is 6. The Morgan fingerprint density at radius 3 is 2.84 bits per heavy atom. The molecule has 8 rings (SSSR count). The molecule has 7 unspecified atom stereocenters. The predicted molar refractivity (Wildman–Crippen MR) is 196 cm³/mol. The molecule has 12 heteroatoms. The number of esters is 1. The Balaban J connectivity index is 1.30. The summed E-state index contributed by atoms with van der Waals surface area (Å²) in [4.78, 5) is 46.5. The van der Waals surface area contributed by atoms with Gasteiger partial charge in [-0.1, -0.05) is 51.5 Å². The molecule has 5 heterocycles. The molecule has 2 aliphatic carbocycles. The molecule has 1 fully saturated rings. The highest BCUT2D eigenvalue weighted by Gasteiger charge is 2.64. The minimum atomic E-state index is -1.15. The van der Waals surface area contributed by atoms with Crippen molar-refractivity contribution in [3.8, 4) is 5.75 Å². The van der Waals surface area contributed by atoms with Crippen LogP contribution < -0.4 is 21.4 Å². The molecular formula is C38H40N4O6S2. The third kappa shape index (κ3) is 5.21. The molecule has 0 saturated carbocycles. The van der Waals surface area contributed by atoms with Crippen LogP contribution in [-0.2, 0) is 27.2 Å². The number of carbonyl (C=O) groups excluding carboxylic acids is 2. The fourth-order valence-corrected chi connectivity index (χ4v) is 11.4. The number of nitrogen functional groups attached to an aromatic ring is 1. The van der Waals surface area contributed by atoms with Gasteiger partial charge < -0.3 is 29.8 Å². The van der Waals surface area contributed by atoms with Crippen molar-refractivity contribution >= 4 is 50.3 Å². The van der Waals surface area contributed by atoms with E-state index in [1.54, 1.807) is 52.9 Å². The molecule has 0 bridgehead atoms. The quantitative estimate of drug-likeness (QED) is 0.123. The Morgan fingerprint density at radius 2 is 2.04 bits per heavy atom. The van der Waals surface area contributed by atoms with Crippen LogP contribution in [0.1, 0.15) is 49.8 Å². The standard InChI is InChI=1S/C38H40N4O6S2/c1-5-20(2)36(45)48-37(3)11-10-22-19-49-50-30-8-7-27(40-4)26-18-42(35(26)30)32(43)13-24-17-41-31(39)14-25(24)34(22)38(37)16-23-12-21-6-9-33(44)46-28(21)15-29(23)47-38/h5-10,12,14-15,17,26-27,30,34-35,40H,11,13,16,18-19H2,1-4H3,(H2,39,41). The first kappa shape index (κ1) is 33.2. The van der Waals surface area contributed by atoms with Gasteiger partial charge >= 0.3 is 11.6 Å². The largest absolute Gasteiger partial charge is 0.481 e. The van der Waals surface area contributed by atoms with Gasteiger partial charge in [0, 0.05) is 66.4 Å². The van der Waals surface area contributed by atoms with Crippen molar-refractivity contribution in [2.24, 2.45) is 5.92 Å². The highest BCUT2D eigenvalue weighted by atomic mass is 33.1. The Hall–Kier alpha value is -4.00. The normalized spacial score (nSPS) is 31.6. The second kappa shape index (κ2) is 12.3. The maximum absolute atomic E-state index is 14.2. The number of likely N-dealkylation sites (N-methyl/N-ethyl adjacent to an activating group) is 1. The zero-order valence-electron chi connectivity index (χ0n) is 28.4. The summed E-state index contributed by atoms with van der Waals surface area (Å²) < 4.78 is 19.3. The zero-order chi connectivity index (χ0) is 34.9. The molecule has 10 nitrogen and oxygen atoms in total. The van der Waals surface area contributed by atoms with Crippen LogP contribution in [0, 0.1) is 5.92 Å². The van der Waals surface area contributed by atoms with Crippen molar-refractivity contribution in [2.45, 2.75) is 74.5 Å². The summed E-state index contributed by atoms with van der Waals surface area (Å²) >= 11 is 0. The highest BCUT2D eigenvalue weighted by molar-refractivity contribution is 8.77. The summed E-state index contributed by atoms with van der Waals surface area (Å²) in [7, 11) is 5.55. The number of pyridine rings is 1. The van der Waals surface area contributed by atoms with Gasteiger partial charge in [0.05, 0.1) is 23.6 Å². The number of anilines is 1. The number of ether oxygens (including phenoxy) is 2. The molecular weight excluding hydrogens is 673 g/mol. The van der Waals surface area contributed by atoms with Crippen LogP contribution in [-0.4, -0.2) is 69.6 Å². The van der Waals surface area contributed by atoms with Crippen molar-refractivity contribution in [1.82, 2.24) is 15.2 Å². The van der Waals surface area contributed by atoms with E-state index in [1.165, 1.54) is 6.07 Å². The second-order valence-electron chi connectivity index (χ2n) is 14.1. The number of hydrogen-bond donors (Lipinski definition) is 2. The van der Waals surface area contributed by atoms with Gasteiger partial charge in [0.2, 0.25) is 5.91 Å². The third-order valence-corrected chi connectivity index (χ3v) is 14.0. The average Bonchev–Trinajstić information content (AvgIpc) is 3.45. The monoisotopic (exact) mass is 712 g/mol. The molecule has 1 saturated heterocycles. The van der Waals surface area contributed by atoms with Crippen LogP contribution in [0.2, 0.25) is 0 Å². The maximum Gasteiger partial charge on any atom is 0.336 e. The Labute approximate surface area is 298 Å². The SMILES string of the molecule is CC=C(C)C(=O)OC1(C)CC=C2CSSC3C=CC(NC)C4CN(C(=O)Cc5cnc(N)cc5C2C12Cc1cc5ccc(=O)oc5cc1O2)C34. The van der Waals surface area contributed by atoms with Gasteiger partial charge in [0.1, 0.15) is 17.2 Å². The molecule has 0 radical (unpaired) electrons. The highest BCUT2D eigenvalue weighted by Crippen LogP contribution is 2.58. The van der Waals surface area contributed by atoms with Gasteiger partial charge in [-0.25, -0.2) is 14.6 Å². The first-order valence-corrected chi connectivity index (χ1v) is 19.4. The second-order valence-corrected chi connectivity index (χ2v) is 16.7. The molecule has 5 aliphatic rings. The summed E-state index contributed by atoms with van der Waals surface area (Å²) in [5.41, 5.74) is 8.23. The van der Waals surface area contributed by atoms with E-state index in [0.29, 0.717) is 53.8 Å². The van der Waals surface area contributed by atoms with E-state index in [-0.39, 0.29) is 29.7 Å². The topological polar surface area (TPSA) is 137 Å². The zero-order valence-corrected chi connectivity index (χ0v) is 30.1. The molecule has 1 aromatic carbocycles. The molecule has 3 aliphatic heterocycles. The number of nitrogens with one attached hydrogen (secondary N) is 1. The van der Waals surface area contributed by atoms with E-state index in [2.05, 4.69) is 28.5 Å². The van der Waals surface area contributed by atoms with Crippen LogP contribution >= 0.6 is 21.6 Å². The van der Waals surface area contributed by atoms with E-state index in [0.717, 1.165) is 27.6 Å². The van der Waals surface area contributed by atoms with E-state index in [9.17, 15) is 14.4 Å². The lowest BCUT2D eigenvalue weighted by atomic mass is 9.61. The molecule has 1 amide bonds. The van der Waals surface area contributed by atoms with Crippen molar-refractivity contribution in [3.63, 3.8) is 0 Å². The van der Waals surface area contributed by atoms with Crippen molar-refractivity contribution in [2.75, 3.05) is 25.1 Å². The molecule has 3 aromatic rings. The summed E-state index contributed by atoms with van der Waals surface area (Å²) in [6.45, 7) is 6.18. The van der Waals surface area contributed by atoms with Gasteiger partial charge in [0.25, 0.3) is 0 Å². The number of hydrogen-bond acceptors (Lipinski definition) is 11. The van der Waals surface area contributed by atoms with Gasteiger partial charge in [-0.05, 0) is 62.7 Å². The van der Waals surface area contributed by atoms with Crippen LogP contribution in [0.25, 0.3) is 11.0 Å². The molecule has 260 valence electrons. The fourth-order valence-electron chi connectivity index (χ4n) is 8.52. The number of amides is 1. The van der Waals surface area contributed by atoms with Crippen LogP contribution in [0.3, 0.4) is 0 Å². The third-order valence-electron chi connectivity index (χ3n) is 11.4. The molecule has 1 spiro atoms. The van der Waals surface area contributed by atoms with Crippen LogP contribution in [0.5, 0.6) is 5.75 Å². The Kier molecular flexibility index (Phi) is 8.19. The lowest BCUT2D eigenvalue weighted by molar-refractivity contribution is -0.183. The fraction of sp³-hybridized carbons (Fsp3) is 0.421. The minimum Gasteiger partial charge on any atom is -0.481 e. The summed E-state index contributed by atoms with van der Waals surface area (Å²) in [5.74, 6) is 1.08. The molecule has 7 atom stereocenters. The van der Waals surface area contributed by atoms with Crippen molar-refractivity contribution in [1.29, 1.82) is 0 Å². The van der Waals surface area contributed by atoms with Crippen LogP contribution in [0.15, 0.2) is 81.2 Å². The van der Waals surface area contributed by atoms with Gasteiger partial charge in [-0.2, -0.15) is 0 Å². The first-order chi connectivity index (χ1) is 24.0. The summed E-state index contributed by atoms with van der Waals surface area (Å²) in [5, 5.41) is 4.34. The van der Waals surface area contributed by atoms with E-state index >= 15 is 0 Å². The molecule has 50 heavy (non-hydrogen) atoms. The number of allylic oxidation sites excluding steroid dienone is 1. The minimum absolute atomic E-state index is 0.0468. The maximum atomic E-state index is 14.2. The Bertz CT molecular complexity index is 2080. The summed E-state index contributed by atoms with van der Waals surface area (Å²) in [6.07, 6.45) is 11.1. The van der Waals surface area contributed by atoms with Gasteiger partial charge in [0.15, 0.2) is 11.2 Å². The van der Waals surface area contributed by atoms with Crippen LogP contribution in [0.4, 0.5) is 5.82 Å². The lowest BCUT2D eigenvalue weighted by Gasteiger charge is -2.55. The number of aromatic nitrogens is 1. The Morgan fingerprint density at radius 1 is 1.20 bits per heavy atom. The number of rotatable bonds is 3. The smallest absolute Gasteiger partial charge is 0.336 e. The number of nitrogens with two attached hydrogens (primary N) is 1. The van der Waals surface area contributed by atoms with E-state index in [1.807, 2.05) is 37.9 Å². The molecule has 3 N–H and O–H groups in total. The van der Waals surface area contributed by atoms with Gasteiger partial charge in [-0.15, -0.1) is 0 Å². The van der Waals surface area contributed by atoms with Crippen molar-refractivity contribution < 1.29 is 23.5 Å². The first-order valence-electron chi connectivity index (χ1n) is 17.0. The van der Waals surface area contributed by atoms with Crippen molar-refractivity contribution in [3.05, 3.63) is 99.1 Å². The predicted octanol–water partition coefficient (Wildman–Crippen LogP) is 5.12. The number of carbonyl (C=O) groups is 2.